The van der Waals surface area contributed by atoms with Crippen molar-refractivity contribution in [1.29, 1.82) is 0 Å². The van der Waals surface area contributed by atoms with Crippen LogP contribution in [0.2, 0.25) is 5.02 Å². The zero-order valence-corrected chi connectivity index (χ0v) is 12.9. The molecule has 6 heteroatoms. The van der Waals surface area contributed by atoms with E-state index in [1.807, 2.05) is 37.3 Å². The van der Waals surface area contributed by atoms with Crippen LogP contribution in [0.15, 0.2) is 42.7 Å². The van der Waals surface area contributed by atoms with E-state index in [1.165, 1.54) is 0 Å². The third-order valence-electron chi connectivity index (χ3n) is 3.23. The van der Waals surface area contributed by atoms with Gasteiger partial charge in [0.25, 0.3) is 0 Å². The molecule has 0 aliphatic heterocycles. The molecule has 0 saturated heterocycles. The van der Waals surface area contributed by atoms with E-state index < -0.39 is 0 Å². The predicted octanol–water partition coefficient (Wildman–Crippen LogP) is 3.51. The van der Waals surface area contributed by atoms with Gasteiger partial charge in [-0.05, 0) is 37.3 Å². The number of aryl methyl sites for hydroxylation is 1. The Morgan fingerprint density at radius 2 is 1.82 bits per heavy atom. The highest BCUT2D eigenvalue weighted by molar-refractivity contribution is 6.31. The number of pyridine rings is 1. The molecule has 0 aliphatic carbocycles. The molecule has 0 spiro atoms. The standard InChI is InChI=1S/C16H16ClN5/c1-11-18-7-5-16(22-11)21-9-8-20-14-4-6-19-15-10-12(17)2-3-13(14)15/h2-7,10H,8-9H2,1H3,(H,19,20)(H,18,21,22). The summed E-state index contributed by atoms with van der Waals surface area (Å²) in [6, 6.07) is 9.54. The van der Waals surface area contributed by atoms with Gasteiger partial charge in [0, 0.05) is 41.6 Å². The molecule has 0 aliphatic rings. The highest BCUT2D eigenvalue weighted by atomic mass is 35.5. The van der Waals surface area contributed by atoms with Crippen LogP contribution in [0.25, 0.3) is 10.9 Å². The number of halogens is 1. The van der Waals surface area contributed by atoms with Crippen molar-refractivity contribution in [2.45, 2.75) is 6.92 Å². The molecular formula is C16H16ClN5. The van der Waals surface area contributed by atoms with Gasteiger partial charge in [0.1, 0.15) is 11.6 Å². The molecule has 1 aromatic carbocycles. The minimum atomic E-state index is 0.693. The van der Waals surface area contributed by atoms with Crippen molar-refractivity contribution in [3.63, 3.8) is 0 Å². The van der Waals surface area contributed by atoms with Crippen LogP contribution >= 0.6 is 11.6 Å². The molecule has 0 unspecified atom stereocenters. The Morgan fingerprint density at radius 1 is 1.00 bits per heavy atom. The van der Waals surface area contributed by atoms with E-state index in [4.69, 9.17) is 11.6 Å². The van der Waals surface area contributed by atoms with Gasteiger partial charge in [-0.25, -0.2) is 9.97 Å². The first kappa shape index (κ1) is 14.5. The second-order valence-corrected chi connectivity index (χ2v) is 5.30. The van der Waals surface area contributed by atoms with Crippen LogP contribution in [0.3, 0.4) is 0 Å². The Labute approximate surface area is 133 Å². The fourth-order valence-electron chi connectivity index (χ4n) is 2.22. The first-order valence-electron chi connectivity index (χ1n) is 7.04. The van der Waals surface area contributed by atoms with Crippen molar-refractivity contribution in [1.82, 2.24) is 15.0 Å². The molecular weight excluding hydrogens is 298 g/mol. The maximum Gasteiger partial charge on any atom is 0.129 e. The number of nitrogens with one attached hydrogen (secondary N) is 2. The summed E-state index contributed by atoms with van der Waals surface area (Å²) >= 11 is 6.00. The number of benzene rings is 1. The smallest absolute Gasteiger partial charge is 0.129 e. The number of rotatable bonds is 5. The van der Waals surface area contributed by atoms with Crippen molar-refractivity contribution in [2.24, 2.45) is 0 Å². The fourth-order valence-corrected chi connectivity index (χ4v) is 2.38. The molecule has 3 aromatic rings. The molecule has 2 N–H and O–H groups in total. The zero-order chi connectivity index (χ0) is 15.4. The predicted molar refractivity (Wildman–Crippen MR) is 90.5 cm³/mol. The average molecular weight is 314 g/mol. The van der Waals surface area contributed by atoms with Crippen LogP contribution < -0.4 is 10.6 Å². The van der Waals surface area contributed by atoms with E-state index in [0.717, 1.165) is 41.3 Å². The molecule has 0 amide bonds. The third kappa shape index (κ3) is 3.43. The molecule has 22 heavy (non-hydrogen) atoms. The largest absolute Gasteiger partial charge is 0.383 e. The van der Waals surface area contributed by atoms with Gasteiger partial charge in [0.2, 0.25) is 0 Å². The number of anilines is 2. The lowest BCUT2D eigenvalue weighted by Gasteiger charge is -2.10. The second kappa shape index (κ2) is 6.58. The maximum atomic E-state index is 6.00. The Bertz CT molecular complexity index is 790. The summed E-state index contributed by atoms with van der Waals surface area (Å²) in [5.41, 5.74) is 1.93. The van der Waals surface area contributed by atoms with Gasteiger partial charge in [-0.15, -0.1) is 0 Å². The Balaban J connectivity index is 1.62. The Morgan fingerprint density at radius 3 is 2.68 bits per heavy atom. The van der Waals surface area contributed by atoms with Crippen LogP contribution in [-0.2, 0) is 0 Å². The van der Waals surface area contributed by atoms with Crippen molar-refractivity contribution in [2.75, 3.05) is 23.7 Å². The molecule has 2 aromatic heterocycles. The van der Waals surface area contributed by atoms with Gasteiger partial charge in [-0.1, -0.05) is 11.6 Å². The first-order chi connectivity index (χ1) is 10.7. The molecule has 0 radical (unpaired) electrons. The number of aromatic nitrogens is 3. The molecule has 112 valence electrons. The molecule has 3 rings (SSSR count). The van der Waals surface area contributed by atoms with Gasteiger partial charge in [-0.2, -0.15) is 0 Å². The van der Waals surface area contributed by atoms with Crippen molar-refractivity contribution >= 4 is 34.0 Å². The number of hydrogen-bond acceptors (Lipinski definition) is 5. The molecule has 0 saturated carbocycles. The molecule has 0 atom stereocenters. The summed E-state index contributed by atoms with van der Waals surface area (Å²) in [6.45, 7) is 3.40. The van der Waals surface area contributed by atoms with Gasteiger partial charge >= 0.3 is 0 Å². The number of fused-ring (bicyclic) bond motifs is 1. The Hall–Kier alpha value is -2.40. The average Bonchev–Trinajstić information content (AvgIpc) is 2.51. The lowest BCUT2D eigenvalue weighted by Crippen LogP contribution is -2.14. The fraction of sp³-hybridized carbons (Fsp3) is 0.188. The van der Waals surface area contributed by atoms with E-state index in [1.54, 1.807) is 12.4 Å². The summed E-state index contributed by atoms with van der Waals surface area (Å²) in [4.78, 5) is 12.7. The van der Waals surface area contributed by atoms with Crippen molar-refractivity contribution < 1.29 is 0 Å². The molecule has 2 heterocycles. The topological polar surface area (TPSA) is 62.7 Å². The minimum absolute atomic E-state index is 0.693. The number of nitrogens with zero attached hydrogens (tertiary/aromatic N) is 3. The van der Waals surface area contributed by atoms with E-state index in [0.29, 0.717) is 5.02 Å². The Kier molecular flexibility index (Phi) is 4.34. The summed E-state index contributed by atoms with van der Waals surface area (Å²) < 4.78 is 0. The van der Waals surface area contributed by atoms with E-state index >= 15 is 0 Å². The third-order valence-corrected chi connectivity index (χ3v) is 3.46. The zero-order valence-electron chi connectivity index (χ0n) is 12.2. The highest BCUT2D eigenvalue weighted by Gasteiger charge is 2.02. The van der Waals surface area contributed by atoms with Crippen molar-refractivity contribution in [3.8, 4) is 0 Å². The summed E-state index contributed by atoms with van der Waals surface area (Å²) in [7, 11) is 0. The van der Waals surface area contributed by atoms with Gasteiger partial charge < -0.3 is 10.6 Å². The van der Waals surface area contributed by atoms with Gasteiger partial charge in [0.15, 0.2) is 0 Å². The van der Waals surface area contributed by atoms with Gasteiger partial charge in [0.05, 0.1) is 5.52 Å². The van der Waals surface area contributed by atoms with Gasteiger partial charge in [-0.3, -0.25) is 4.98 Å². The van der Waals surface area contributed by atoms with Crippen LogP contribution in [0.1, 0.15) is 5.82 Å². The summed E-state index contributed by atoms with van der Waals surface area (Å²) in [6.07, 6.45) is 3.53. The lowest BCUT2D eigenvalue weighted by molar-refractivity contribution is 1.01. The molecule has 5 nitrogen and oxygen atoms in total. The van der Waals surface area contributed by atoms with E-state index in [9.17, 15) is 0 Å². The van der Waals surface area contributed by atoms with Crippen LogP contribution in [0.4, 0.5) is 11.5 Å². The highest BCUT2D eigenvalue weighted by Crippen LogP contribution is 2.24. The minimum Gasteiger partial charge on any atom is -0.383 e. The van der Waals surface area contributed by atoms with Crippen molar-refractivity contribution in [3.05, 3.63) is 53.6 Å². The quantitative estimate of drug-likeness (QED) is 0.706. The first-order valence-corrected chi connectivity index (χ1v) is 7.42. The van der Waals surface area contributed by atoms with Crippen LogP contribution in [0.5, 0.6) is 0 Å². The van der Waals surface area contributed by atoms with E-state index in [-0.39, 0.29) is 0 Å². The maximum absolute atomic E-state index is 6.00. The van der Waals surface area contributed by atoms with Crippen LogP contribution in [0, 0.1) is 6.92 Å². The monoisotopic (exact) mass is 313 g/mol. The lowest BCUT2D eigenvalue weighted by atomic mass is 10.2. The number of hydrogen-bond donors (Lipinski definition) is 2. The SMILES string of the molecule is Cc1nccc(NCCNc2ccnc3cc(Cl)ccc23)n1. The van der Waals surface area contributed by atoms with E-state index in [2.05, 4.69) is 25.6 Å². The normalized spacial score (nSPS) is 10.6. The molecule has 0 fully saturated rings. The molecule has 0 bridgehead atoms. The van der Waals surface area contributed by atoms with Crippen LogP contribution in [-0.4, -0.2) is 28.0 Å². The summed E-state index contributed by atoms with van der Waals surface area (Å²) in [5.74, 6) is 1.59. The second-order valence-electron chi connectivity index (χ2n) is 4.86. The summed E-state index contributed by atoms with van der Waals surface area (Å²) in [5, 5.41) is 8.42.